The minimum Gasteiger partial charge on any atom is -0.368 e. The lowest BCUT2D eigenvalue weighted by atomic mass is 10.1. The number of aromatic amines is 1. The largest absolute Gasteiger partial charge is 0.368 e. The number of fused-ring (bicyclic) bond motifs is 1. The summed E-state index contributed by atoms with van der Waals surface area (Å²) in [5.74, 6) is -0.175. The normalized spacial score (nSPS) is 15.3. The molecule has 0 spiro atoms. The van der Waals surface area contributed by atoms with Crippen LogP contribution >= 0.6 is 0 Å². The van der Waals surface area contributed by atoms with Gasteiger partial charge >= 0.3 is 5.69 Å². The van der Waals surface area contributed by atoms with Gasteiger partial charge in [0.25, 0.3) is 5.56 Å². The van der Waals surface area contributed by atoms with Crippen molar-refractivity contribution in [3.05, 3.63) is 74.4 Å². The molecule has 1 fully saturated rings. The number of carbonyl (C=O) groups excluding carboxylic acids is 1. The number of rotatable bonds is 4. The van der Waals surface area contributed by atoms with Crippen LogP contribution in [0.4, 0.5) is 5.69 Å². The molecule has 2 heterocycles. The van der Waals surface area contributed by atoms with Gasteiger partial charge in [0.15, 0.2) is 0 Å². The van der Waals surface area contributed by atoms with Crippen LogP contribution in [0.5, 0.6) is 0 Å². The lowest BCUT2D eigenvalue weighted by Gasteiger charge is -2.38. The van der Waals surface area contributed by atoms with Crippen molar-refractivity contribution in [2.24, 2.45) is 0 Å². The van der Waals surface area contributed by atoms with Crippen LogP contribution < -0.4 is 16.1 Å². The fraction of sp³-hybridized carbons (Fsp3) is 0.375. The molecule has 7 heteroatoms. The van der Waals surface area contributed by atoms with E-state index in [4.69, 9.17) is 0 Å². The number of amides is 1. The summed E-state index contributed by atoms with van der Waals surface area (Å²) in [6, 6.07) is 12.3. The molecule has 2 aromatic carbocycles. The number of H-pyrrole nitrogens is 1. The average Bonchev–Trinajstić information content (AvgIpc) is 2.78. The number of benzene rings is 2. The van der Waals surface area contributed by atoms with Crippen LogP contribution in [0.2, 0.25) is 0 Å². The summed E-state index contributed by atoms with van der Waals surface area (Å²) >= 11 is 0. The Kier molecular flexibility index (Phi) is 5.67. The van der Waals surface area contributed by atoms with Gasteiger partial charge in [0.2, 0.25) is 5.91 Å². The first kappa shape index (κ1) is 20.9. The molecule has 3 aromatic rings. The Labute approximate surface area is 180 Å². The number of hydrogen-bond acceptors (Lipinski definition) is 4. The number of nitrogens with zero attached hydrogens (tertiary/aromatic N) is 3. The van der Waals surface area contributed by atoms with E-state index in [-0.39, 0.29) is 5.91 Å². The van der Waals surface area contributed by atoms with Gasteiger partial charge in [-0.25, -0.2) is 9.36 Å². The molecule has 0 unspecified atom stereocenters. The lowest BCUT2D eigenvalue weighted by molar-refractivity contribution is -0.135. The summed E-state index contributed by atoms with van der Waals surface area (Å²) in [5, 5.41) is 0.410. The fourth-order valence-corrected chi connectivity index (χ4v) is 4.38. The van der Waals surface area contributed by atoms with Gasteiger partial charge in [0.05, 0.1) is 10.9 Å². The third-order valence-electron chi connectivity index (χ3n) is 6.33. The van der Waals surface area contributed by atoms with E-state index in [0.717, 1.165) is 17.7 Å². The summed E-state index contributed by atoms with van der Waals surface area (Å²) in [6.45, 7) is 8.60. The van der Waals surface area contributed by atoms with Crippen LogP contribution in [0.25, 0.3) is 10.9 Å². The number of aryl methyl sites for hydroxylation is 1. The molecule has 31 heavy (non-hydrogen) atoms. The van der Waals surface area contributed by atoms with Gasteiger partial charge in [0.1, 0.15) is 6.04 Å². The molecule has 0 saturated carbocycles. The summed E-state index contributed by atoms with van der Waals surface area (Å²) in [6.07, 6.45) is 0.372. The number of piperazine rings is 1. The highest BCUT2D eigenvalue weighted by Crippen LogP contribution is 2.24. The molecule has 1 atom stereocenters. The van der Waals surface area contributed by atoms with Crippen LogP contribution in [-0.4, -0.2) is 46.5 Å². The SMILES string of the molecule is CC[C@@H](C(=O)N1CCN(c2cccc(C)c2C)CC1)n1c(=O)[nH]c2ccccc2c1=O. The number of hydrogen-bond donors (Lipinski definition) is 1. The van der Waals surface area contributed by atoms with E-state index in [1.165, 1.54) is 16.8 Å². The first-order valence-corrected chi connectivity index (χ1v) is 10.8. The molecule has 1 saturated heterocycles. The highest BCUT2D eigenvalue weighted by atomic mass is 16.2. The molecule has 1 N–H and O–H groups in total. The zero-order valence-electron chi connectivity index (χ0n) is 18.2. The molecule has 162 valence electrons. The van der Waals surface area contributed by atoms with E-state index in [1.54, 1.807) is 29.2 Å². The summed E-state index contributed by atoms with van der Waals surface area (Å²) in [7, 11) is 0. The Morgan fingerprint density at radius 1 is 1.00 bits per heavy atom. The Morgan fingerprint density at radius 2 is 1.71 bits per heavy atom. The van der Waals surface area contributed by atoms with Crippen molar-refractivity contribution >= 4 is 22.5 Å². The average molecular weight is 421 g/mol. The van der Waals surface area contributed by atoms with Crippen molar-refractivity contribution in [3.63, 3.8) is 0 Å². The molecular formula is C24H28N4O3. The van der Waals surface area contributed by atoms with Crippen molar-refractivity contribution in [1.82, 2.24) is 14.5 Å². The maximum atomic E-state index is 13.3. The van der Waals surface area contributed by atoms with Gasteiger partial charge in [-0.2, -0.15) is 0 Å². The number of para-hydroxylation sites is 1. The Balaban J connectivity index is 1.57. The molecule has 0 bridgehead atoms. The topological polar surface area (TPSA) is 78.4 Å². The Bertz CT molecular complexity index is 1240. The second kappa shape index (κ2) is 8.41. The van der Waals surface area contributed by atoms with Crippen molar-refractivity contribution in [1.29, 1.82) is 0 Å². The summed E-state index contributed by atoms with van der Waals surface area (Å²) < 4.78 is 1.09. The number of nitrogens with one attached hydrogen (secondary N) is 1. The smallest absolute Gasteiger partial charge is 0.329 e. The van der Waals surface area contributed by atoms with Crippen molar-refractivity contribution in [2.45, 2.75) is 33.2 Å². The maximum Gasteiger partial charge on any atom is 0.329 e. The third kappa shape index (κ3) is 3.76. The fourth-order valence-electron chi connectivity index (χ4n) is 4.38. The predicted octanol–water partition coefficient (Wildman–Crippen LogP) is 2.61. The molecule has 0 aliphatic carbocycles. The van der Waals surface area contributed by atoms with Crippen molar-refractivity contribution in [2.75, 3.05) is 31.1 Å². The van der Waals surface area contributed by atoms with E-state index in [1.807, 2.05) is 6.92 Å². The molecule has 1 aromatic heterocycles. The second-order valence-corrected chi connectivity index (χ2v) is 8.11. The Hall–Kier alpha value is -3.35. The van der Waals surface area contributed by atoms with Gasteiger partial charge in [-0.1, -0.05) is 31.2 Å². The number of carbonyl (C=O) groups is 1. The molecule has 0 radical (unpaired) electrons. The van der Waals surface area contributed by atoms with Crippen LogP contribution in [0.15, 0.2) is 52.1 Å². The monoisotopic (exact) mass is 420 g/mol. The predicted molar refractivity (Wildman–Crippen MR) is 123 cm³/mol. The number of aromatic nitrogens is 2. The lowest BCUT2D eigenvalue weighted by Crippen LogP contribution is -2.52. The van der Waals surface area contributed by atoms with E-state index in [2.05, 4.69) is 41.9 Å². The molecule has 7 nitrogen and oxygen atoms in total. The quantitative estimate of drug-likeness (QED) is 0.704. The minimum absolute atomic E-state index is 0.175. The van der Waals surface area contributed by atoms with Gasteiger partial charge in [-0.15, -0.1) is 0 Å². The zero-order chi connectivity index (χ0) is 22.1. The maximum absolute atomic E-state index is 13.3. The second-order valence-electron chi connectivity index (χ2n) is 8.11. The van der Waals surface area contributed by atoms with Crippen molar-refractivity contribution in [3.8, 4) is 0 Å². The van der Waals surface area contributed by atoms with E-state index in [0.29, 0.717) is 30.4 Å². The Morgan fingerprint density at radius 3 is 2.42 bits per heavy atom. The van der Waals surface area contributed by atoms with E-state index < -0.39 is 17.3 Å². The van der Waals surface area contributed by atoms with Gasteiger partial charge in [-0.05, 0) is 49.6 Å². The number of anilines is 1. The highest BCUT2D eigenvalue weighted by Gasteiger charge is 2.30. The molecular weight excluding hydrogens is 392 g/mol. The van der Waals surface area contributed by atoms with Crippen LogP contribution in [0.3, 0.4) is 0 Å². The van der Waals surface area contributed by atoms with Gasteiger partial charge in [0, 0.05) is 31.9 Å². The molecule has 1 aliphatic rings. The molecule has 4 rings (SSSR count). The third-order valence-corrected chi connectivity index (χ3v) is 6.33. The summed E-state index contributed by atoms with van der Waals surface area (Å²) in [5.41, 5.74) is 3.21. The first-order valence-electron chi connectivity index (χ1n) is 10.8. The van der Waals surface area contributed by atoms with Crippen LogP contribution in [0, 0.1) is 13.8 Å². The first-order chi connectivity index (χ1) is 14.9. The van der Waals surface area contributed by atoms with E-state index >= 15 is 0 Å². The van der Waals surface area contributed by atoms with Gasteiger partial charge in [-0.3, -0.25) is 9.59 Å². The van der Waals surface area contributed by atoms with E-state index in [9.17, 15) is 14.4 Å². The van der Waals surface area contributed by atoms with Gasteiger partial charge < -0.3 is 14.8 Å². The zero-order valence-corrected chi connectivity index (χ0v) is 18.2. The minimum atomic E-state index is -0.812. The van der Waals surface area contributed by atoms with Crippen LogP contribution in [0.1, 0.15) is 30.5 Å². The highest BCUT2D eigenvalue weighted by molar-refractivity contribution is 5.82. The molecule has 1 aliphatic heterocycles. The van der Waals surface area contributed by atoms with Crippen molar-refractivity contribution < 1.29 is 4.79 Å². The molecule has 1 amide bonds. The summed E-state index contributed by atoms with van der Waals surface area (Å²) in [4.78, 5) is 45.8. The van der Waals surface area contributed by atoms with Crippen LogP contribution in [-0.2, 0) is 4.79 Å². The standard InChI is InChI=1S/C24H28N4O3/c1-4-20(28-22(29)18-9-5-6-10-19(18)25-24(28)31)23(30)27-14-12-26(13-15-27)21-11-7-8-16(2)17(21)3/h5-11,20H,4,12-15H2,1-3H3,(H,25,31)/t20-/m0/s1.